The van der Waals surface area contributed by atoms with Crippen LogP contribution in [0.2, 0.25) is 6.32 Å². The van der Waals surface area contributed by atoms with Gasteiger partial charge in [-0.2, -0.15) is 5.10 Å². The quantitative estimate of drug-likeness (QED) is 0.135. The second-order valence-electron chi connectivity index (χ2n) is 22.3. The zero-order chi connectivity index (χ0) is 56.0. The predicted octanol–water partition coefficient (Wildman–Crippen LogP) is 17.0. The molecule has 10 aromatic rings. The van der Waals surface area contributed by atoms with E-state index in [2.05, 4.69) is 192 Å². The molecule has 7 aromatic carbocycles. The molecular formula is C65H63BN6OPt. The van der Waals surface area contributed by atoms with E-state index in [4.69, 9.17) is 18.9 Å². The van der Waals surface area contributed by atoms with Gasteiger partial charge >= 0.3 is 359 Å². The summed E-state index contributed by atoms with van der Waals surface area (Å²) in [6.45, 7) is 22.0. The summed E-state index contributed by atoms with van der Waals surface area (Å²) in [6, 6.07) is 50.3. The monoisotopic (exact) mass is 1150 g/mol. The number of hydrogen-bond acceptors (Lipinski definition) is 4. The topological polar surface area (TPSA) is 53.0 Å². The SMILES string of the molecule is [2H]c1c([2H])c([2H])c(-c2cccc(-c3cc(C(C)(C)C)cc(C(C)(C)C)c3)c2-n2[c](=[Pt])n(-c3cccc(Oc4ccc5c(c4)N(c4cc(C(C)(C)C)ccn4)B(CC)n4nc(-c6ccccc6)cc4-5)c3)c3ccccc32)c([2H])c1[2H]. The molecule has 0 saturated heterocycles. The minimum atomic E-state index is -0.434. The van der Waals surface area contributed by atoms with Gasteiger partial charge in [-0.25, -0.2) is 0 Å². The Balaban J connectivity index is 1.08. The van der Waals surface area contributed by atoms with Crippen molar-refractivity contribution >= 4 is 29.5 Å². The van der Waals surface area contributed by atoms with E-state index in [0.717, 1.165) is 72.0 Å². The number of benzene rings is 7. The van der Waals surface area contributed by atoms with Gasteiger partial charge in [-0.3, -0.25) is 0 Å². The summed E-state index contributed by atoms with van der Waals surface area (Å²) < 4.78 is 59.1. The molecule has 0 unspecified atom stereocenters. The Morgan fingerprint density at radius 1 is 0.568 bits per heavy atom. The van der Waals surface area contributed by atoms with Gasteiger partial charge in [0.15, 0.2) is 0 Å². The zero-order valence-electron chi connectivity index (χ0n) is 48.7. The number of fused-ring (bicyclic) bond motifs is 4. The van der Waals surface area contributed by atoms with Crippen LogP contribution in [-0.2, 0) is 35.6 Å². The third-order valence-corrected chi connectivity index (χ3v) is 15.2. The molecule has 0 radical (unpaired) electrons. The van der Waals surface area contributed by atoms with Crippen molar-refractivity contribution in [3.05, 3.63) is 209 Å². The molecule has 0 N–H and O–H groups in total. The molecule has 0 fully saturated rings. The van der Waals surface area contributed by atoms with Crippen molar-refractivity contribution in [1.82, 2.24) is 23.8 Å². The third-order valence-electron chi connectivity index (χ3n) is 14.1. The summed E-state index contributed by atoms with van der Waals surface area (Å²) in [5, 5.41) is 5.25. The van der Waals surface area contributed by atoms with Crippen LogP contribution in [0.4, 0.5) is 11.5 Å². The number of rotatable bonds is 9. The second kappa shape index (κ2) is 18.9. The summed E-state index contributed by atoms with van der Waals surface area (Å²) in [6.07, 6.45) is 2.66. The molecule has 372 valence electrons. The van der Waals surface area contributed by atoms with Gasteiger partial charge in [0.2, 0.25) is 0 Å². The first-order chi connectivity index (χ1) is 37.5. The molecule has 1 aliphatic rings. The van der Waals surface area contributed by atoms with Crippen LogP contribution in [0.25, 0.3) is 67.2 Å². The van der Waals surface area contributed by atoms with E-state index in [1.165, 1.54) is 16.7 Å². The fraction of sp³-hybridized carbons (Fsp3) is 0.215. The van der Waals surface area contributed by atoms with Crippen LogP contribution < -0.4 is 9.55 Å². The molecular weight excluding hydrogens is 1090 g/mol. The van der Waals surface area contributed by atoms with Crippen LogP contribution in [-0.4, -0.2) is 30.8 Å². The number of anilines is 2. The molecule has 3 aromatic heterocycles. The maximum absolute atomic E-state index is 9.32. The van der Waals surface area contributed by atoms with Gasteiger partial charge in [0, 0.05) is 11.8 Å². The van der Waals surface area contributed by atoms with Crippen LogP contribution in [0.5, 0.6) is 11.5 Å². The van der Waals surface area contributed by atoms with Crippen molar-refractivity contribution in [2.24, 2.45) is 0 Å². The summed E-state index contributed by atoms with van der Waals surface area (Å²) in [7, 11) is 0. The number of pyridine rings is 1. The van der Waals surface area contributed by atoms with Crippen molar-refractivity contribution < 1.29 is 30.9 Å². The Labute approximate surface area is 454 Å². The molecule has 0 saturated carbocycles. The Bertz CT molecular complexity index is 4050. The van der Waals surface area contributed by atoms with Gasteiger partial charge in [-0.05, 0) is 17.0 Å². The van der Waals surface area contributed by atoms with E-state index in [1.807, 2.05) is 72.9 Å². The standard InChI is InChI=1S/C65H63BN6O.Pt/c1-11-66-71(61-39-47(34-35-67-61)63(2,3)4)59-41-52(32-33-55(59)60-42-56(68-72(60)66)45-24-16-13-17-25-45)73-51-27-20-26-50(40-51)69-43-70(58-31-19-18-30-57(58)69)62-53(44-22-14-12-15-23-44)28-21-29-54(62)46-36-48(64(5,6)7)38-49(37-46)65(8,9)10;/h12-42H,11H2,1-10H3;/i12D,14D,15D,22D,23D;. The third kappa shape index (κ3) is 9.02. The maximum atomic E-state index is 9.32. The first kappa shape index (κ1) is 43.2. The molecule has 0 spiro atoms. The molecule has 0 bridgehead atoms. The first-order valence-corrected chi connectivity index (χ1v) is 26.6. The molecule has 0 aliphatic carbocycles. The molecule has 4 heterocycles. The summed E-state index contributed by atoms with van der Waals surface area (Å²) in [5.41, 5.74) is 13.8. The van der Waals surface area contributed by atoms with Crippen LogP contribution >= 0.6 is 0 Å². The van der Waals surface area contributed by atoms with Gasteiger partial charge < -0.3 is 0 Å². The van der Waals surface area contributed by atoms with Gasteiger partial charge in [0.05, 0.1) is 5.69 Å². The number of nitrogens with zero attached hydrogens (tertiary/aromatic N) is 6. The van der Waals surface area contributed by atoms with Crippen molar-refractivity contribution in [2.75, 3.05) is 4.81 Å². The summed E-state index contributed by atoms with van der Waals surface area (Å²) >= 11 is 2.38. The van der Waals surface area contributed by atoms with E-state index in [9.17, 15) is 2.74 Å². The summed E-state index contributed by atoms with van der Waals surface area (Å²) in [4.78, 5) is 7.32. The van der Waals surface area contributed by atoms with E-state index in [0.29, 0.717) is 22.7 Å². The van der Waals surface area contributed by atoms with Crippen LogP contribution in [0, 0.1) is 3.80 Å². The number of ether oxygens (including phenoxy) is 1. The van der Waals surface area contributed by atoms with Gasteiger partial charge in [-0.15, -0.1) is 0 Å². The average molecular weight is 1160 g/mol. The van der Waals surface area contributed by atoms with Crippen molar-refractivity contribution in [3.63, 3.8) is 0 Å². The van der Waals surface area contributed by atoms with Gasteiger partial charge in [-0.1, -0.05) is 58.0 Å². The Morgan fingerprint density at radius 2 is 1.20 bits per heavy atom. The Morgan fingerprint density at radius 3 is 1.88 bits per heavy atom. The number of aromatic nitrogens is 5. The first-order valence-electron chi connectivity index (χ1n) is 27.9. The molecule has 0 amide bonds. The van der Waals surface area contributed by atoms with Crippen molar-refractivity contribution in [3.8, 4) is 67.6 Å². The summed E-state index contributed by atoms with van der Waals surface area (Å²) in [5.74, 6) is 2.12. The Hall–Kier alpha value is -7.28. The molecule has 74 heavy (non-hydrogen) atoms. The molecule has 0 atom stereocenters. The fourth-order valence-corrected chi connectivity index (χ4v) is 11.2. The van der Waals surface area contributed by atoms with E-state index in [1.54, 1.807) is 0 Å². The van der Waals surface area contributed by atoms with Crippen LogP contribution in [0.3, 0.4) is 0 Å². The number of hydrogen-bond donors (Lipinski definition) is 0. The van der Waals surface area contributed by atoms with Crippen molar-refractivity contribution in [1.29, 1.82) is 0 Å². The minimum absolute atomic E-state index is 0.0995. The van der Waals surface area contributed by atoms with Gasteiger partial charge in [0.25, 0.3) is 0 Å². The second-order valence-corrected chi connectivity index (χ2v) is 23.3. The molecule has 9 heteroatoms. The van der Waals surface area contributed by atoms with Crippen LogP contribution in [0.15, 0.2) is 188 Å². The number of imidazole rings is 1. The van der Waals surface area contributed by atoms with Gasteiger partial charge in [0.1, 0.15) is 0 Å². The molecule has 7 nitrogen and oxygen atoms in total. The normalized spacial score (nSPS) is 13.8. The molecule has 1 aliphatic heterocycles. The van der Waals surface area contributed by atoms with E-state index < -0.39 is 6.04 Å². The fourth-order valence-electron chi connectivity index (χ4n) is 10.1. The van der Waals surface area contributed by atoms with E-state index in [-0.39, 0.29) is 53.0 Å². The number of para-hydroxylation sites is 3. The van der Waals surface area contributed by atoms with Crippen molar-refractivity contribution in [2.45, 2.75) is 91.8 Å². The molecule has 11 rings (SSSR count). The average Bonchev–Trinajstić information content (AvgIpc) is 4.26. The van der Waals surface area contributed by atoms with E-state index >= 15 is 0 Å². The Kier molecular flexibility index (Phi) is 11.0. The zero-order valence-corrected chi connectivity index (χ0v) is 46.0. The predicted molar refractivity (Wildman–Crippen MR) is 304 cm³/mol. The van der Waals surface area contributed by atoms with Crippen LogP contribution in [0.1, 0.15) is 92.8 Å².